The second kappa shape index (κ2) is 9.32. The molecule has 0 aliphatic rings. The third-order valence-corrected chi connectivity index (χ3v) is 2.20. The van der Waals surface area contributed by atoms with Crippen LogP contribution in [0.4, 0.5) is 0 Å². The fourth-order valence-corrected chi connectivity index (χ4v) is 1.27. The molecule has 0 amide bonds. The summed E-state index contributed by atoms with van der Waals surface area (Å²) in [5.74, 6) is -0.388. The van der Waals surface area contributed by atoms with Crippen molar-refractivity contribution in [1.82, 2.24) is 0 Å². The molecular weight excluding hydrogens is 282 g/mol. The summed E-state index contributed by atoms with van der Waals surface area (Å²) < 4.78 is 9.79. The number of hydrogen-bond acceptors (Lipinski definition) is 7. The van der Waals surface area contributed by atoms with Gasteiger partial charge in [0.1, 0.15) is 19.0 Å². The van der Waals surface area contributed by atoms with Crippen LogP contribution in [0.1, 0.15) is 5.56 Å². The van der Waals surface area contributed by atoms with Crippen LogP contribution in [0, 0.1) is 10.1 Å². The summed E-state index contributed by atoms with van der Waals surface area (Å²) in [4.78, 5) is 25.2. The molecule has 0 atom stereocenters. The van der Waals surface area contributed by atoms with Crippen molar-refractivity contribution in [1.29, 1.82) is 0 Å². The summed E-state index contributed by atoms with van der Waals surface area (Å²) in [7, 11) is 0. The molecule has 114 valence electrons. The lowest BCUT2D eigenvalue weighted by molar-refractivity contribution is -0.758. The van der Waals surface area contributed by atoms with E-state index in [1.807, 2.05) is 0 Å². The van der Waals surface area contributed by atoms with Gasteiger partial charge in [-0.25, -0.2) is 4.79 Å². The highest BCUT2D eigenvalue weighted by atomic mass is 17.0. The van der Waals surface area contributed by atoms with Gasteiger partial charge in [0.15, 0.2) is 0 Å². The Bertz CT molecular complexity index is 484. The van der Waals surface area contributed by atoms with E-state index in [0.717, 1.165) is 5.56 Å². The molecule has 0 aliphatic carbocycles. The molecule has 0 saturated heterocycles. The van der Waals surface area contributed by atoms with E-state index in [4.69, 9.17) is 14.6 Å². The number of carbonyl (C=O) groups excluding carboxylic acids is 1. The zero-order valence-electron chi connectivity index (χ0n) is 11.1. The molecule has 0 aromatic heterocycles. The molecule has 1 aromatic rings. The number of nitrogens with zero attached hydrogens (tertiary/aromatic N) is 1. The van der Waals surface area contributed by atoms with Crippen molar-refractivity contribution in [2.24, 2.45) is 0 Å². The maximum absolute atomic E-state index is 11.3. The first kappa shape index (κ1) is 16.4. The molecule has 1 aromatic carbocycles. The Kier molecular flexibility index (Phi) is 7.30. The molecule has 8 heteroatoms. The Morgan fingerprint density at radius 2 is 1.86 bits per heavy atom. The molecule has 0 unspecified atom stereocenters. The highest BCUT2D eigenvalue weighted by molar-refractivity contribution is 5.87. The molecule has 0 aliphatic heterocycles. The monoisotopic (exact) mass is 297 g/mol. The minimum atomic E-state index is -0.905. The number of phenolic OH excluding ortho intramolecular Hbond substituents is 1. The molecule has 0 fully saturated rings. The second-order valence-corrected chi connectivity index (χ2v) is 3.76. The van der Waals surface area contributed by atoms with E-state index in [2.05, 4.69) is 4.84 Å². The maximum atomic E-state index is 11.3. The van der Waals surface area contributed by atoms with E-state index >= 15 is 0 Å². The fourth-order valence-electron chi connectivity index (χ4n) is 1.27. The van der Waals surface area contributed by atoms with E-state index in [9.17, 15) is 14.9 Å². The van der Waals surface area contributed by atoms with Crippen LogP contribution >= 0.6 is 0 Å². The van der Waals surface area contributed by atoms with E-state index in [1.165, 1.54) is 18.2 Å². The lowest BCUT2D eigenvalue weighted by atomic mass is 10.2. The zero-order chi connectivity index (χ0) is 15.5. The zero-order valence-corrected chi connectivity index (χ0v) is 11.1. The number of ether oxygens (including phenoxy) is 2. The molecule has 8 nitrogen and oxygen atoms in total. The Hall–Kier alpha value is -2.61. The SMILES string of the molecule is O=C(C=Cc1ccc(O)cc1)OCCOCCO[N+](=O)[O-]. The topological polar surface area (TPSA) is 108 Å². The Labute approximate surface area is 120 Å². The normalized spacial score (nSPS) is 10.5. The predicted octanol–water partition coefficient (Wildman–Crippen LogP) is 1.17. The van der Waals surface area contributed by atoms with Gasteiger partial charge in [-0.3, -0.25) is 0 Å². The first-order valence-electron chi connectivity index (χ1n) is 6.07. The third-order valence-electron chi connectivity index (χ3n) is 2.20. The van der Waals surface area contributed by atoms with Gasteiger partial charge < -0.3 is 19.4 Å². The average Bonchev–Trinajstić information content (AvgIpc) is 2.45. The summed E-state index contributed by atoms with van der Waals surface area (Å²) in [5.41, 5.74) is 0.748. The quantitative estimate of drug-likeness (QED) is 0.239. The van der Waals surface area contributed by atoms with Crippen LogP contribution in [-0.2, 0) is 19.1 Å². The standard InChI is InChI=1S/C13H15NO7/c15-12-4-1-11(2-5-12)3-6-13(16)20-9-7-19-8-10-21-14(17)18/h1-6,15H,7-10H2. The van der Waals surface area contributed by atoms with Gasteiger partial charge in [-0.15, -0.1) is 10.1 Å². The van der Waals surface area contributed by atoms with E-state index in [-0.39, 0.29) is 32.2 Å². The summed E-state index contributed by atoms with van der Waals surface area (Å²) in [6.45, 7) is 0.0423. The number of phenols is 1. The summed E-state index contributed by atoms with van der Waals surface area (Å²) in [6, 6.07) is 6.31. The smallest absolute Gasteiger partial charge is 0.330 e. The average molecular weight is 297 g/mol. The van der Waals surface area contributed by atoms with Crippen molar-refractivity contribution in [3.05, 3.63) is 46.0 Å². The third kappa shape index (κ3) is 8.22. The lowest BCUT2D eigenvalue weighted by Crippen LogP contribution is -2.13. The molecule has 0 heterocycles. The number of hydrogen-bond donors (Lipinski definition) is 1. The number of aromatic hydroxyl groups is 1. The largest absolute Gasteiger partial charge is 0.508 e. The predicted molar refractivity (Wildman–Crippen MR) is 71.9 cm³/mol. The van der Waals surface area contributed by atoms with Gasteiger partial charge in [0.2, 0.25) is 0 Å². The van der Waals surface area contributed by atoms with Gasteiger partial charge in [-0.1, -0.05) is 12.1 Å². The molecule has 1 rings (SSSR count). The van der Waals surface area contributed by atoms with Gasteiger partial charge >= 0.3 is 5.97 Å². The minimum Gasteiger partial charge on any atom is -0.508 e. The van der Waals surface area contributed by atoms with Crippen molar-refractivity contribution in [3.63, 3.8) is 0 Å². The molecule has 1 N–H and O–H groups in total. The molecule has 0 saturated carbocycles. The van der Waals surface area contributed by atoms with Gasteiger partial charge in [0.25, 0.3) is 5.09 Å². The van der Waals surface area contributed by atoms with Crippen LogP contribution in [0.3, 0.4) is 0 Å². The number of esters is 1. The Morgan fingerprint density at radius 3 is 2.52 bits per heavy atom. The number of benzene rings is 1. The fraction of sp³-hybridized carbons (Fsp3) is 0.308. The summed E-state index contributed by atoms with van der Waals surface area (Å²) >= 11 is 0. The molecular formula is C13H15NO7. The van der Waals surface area contributed by atoms with Gasteiger partial charge in [0, 0.05) is 6.08 Å². The van der Waals surface area contributed by atoms with E-state index in [0.29, 0.717) is 0 Å². The summed E-state index contributed by atoms with van der Waals surface area (Å²) in [5, 5.41) is 18.0. The van der Waals surface area contributed by atoms with Crippen molar-refractivity contribution in [2.45, 2.75) is 0 Å². The van der Waals surface area contributed by atoms with Gasteiger partial charge in [0.05, 0.1) is 13.2 Å². The van der Waals surface area contributed by atoms with Crippen LogP contribution in [0.5, 0.6) is 5.75 Å². The maximum Gasteiger partial charge on any atom is 0.330 e. The molecule has 0 radical (unpaired) electrons. The minimum absolute atomic E-state index is 0.0389. The van der Waals surface area contributed by atoms with Gasteiger partial charge in [-0.05, 0) is 23.8 Å². The Morgan fingerprint density at radius 1 is 1.19 bits per heavy atom. The van der Waals surface area contributed by atoms with Gasteiger partial charge in [-0.2, -0.15) is 0 Å². The van der Waals surface area contributed by atoms with Crippen molar-refractivity contribution in [2.75, 3.05) is 26.4 Å². The van der Waals surface area contributed by atoms with E-state index < -0.39 is 11.1 Å². The number of rotatable bonds is 9. The van der Waals surface area contributed by atoms with Crippen LogP contribution in [0.25, 0.3) is 6.08 Å². The summed E-state index contributed by atoms with van der Waals surface area (Å²) in [6.07, 6.45) is 2.80. The van der Waals surface area contributed by atoms with Crippen LogP contribution in [-0.4, -0.2) is 42.6 Å². The first-order chi connectivity index (χ1) is 10.1. The number of carbonyl (C=O) groups is 1. The molecule has 0 spiro atoms. The molecule has 0 bridgehead atoms. The van der Waals surface area contributed by atoms with Crippen molar-refractivity contribution < 1.29 is 29.3 Å². The van der Waals surface area contributed by atoms with Crippen LogP contribution < -0.4 is 0 Å². The Balaban J connectivity index is 2.11. The van der Waals surface area contributed by atoms with Crippen LogP contribution in [0.2, 0.25) is 0 Å². The molecule has 21 heavy (non-hydrogen) atoms. The van der Waals surface area contributed by atoms with Crippen molar-refractivity contribution in [3.8, 4) is 5.75 Å². The highest BCUT2D eigenvalue weighted by Gasteiger charge is 1.98. The van der Waals surface area contributed by atoms with E-state index in [1.54, 1.807) is 18.2 Å². The second-order valence-electron chi connectivity index (χ2n) is 3.76. The first-order valence-corrected chi connectivity index (χ1v) is 6.07. The van der Waals surface area contributed by atoms with Crippen LogP contribution in [0.15, 0.2) is 30.3 Å². The highest BCUT2D eigenvalue weighted by Crippen LogP contribution is 2.10. The lowest BCUT2D eigenvalue weighted by Gasteiger charge is -2.03. The van der Waals surface area contributed by atoms with Crippen molar-refractivity contribution >= 4 is 12.0 Å².